The number of pyridine rings is 1. The molecular formula is C27H15Br2N. The second kappa shape index (κ2) is 6.90. The maximum atomic E-state index is 5.17. The Morgan fingerprint density at radius 1 is 0.533 bits per heavy atom. The van der Waals surface area contributed by atoms with Crippen LogP contribution in [-0.2, 0) is 0 Å². The number of hydrogen-bond donors (Lipinski definition) is 0. The van der Waals surface area contributed by atoms with Gasteiger partial charge in [0.05, 0.1) is 11.0 Å². The molecular weight excluding hydrogens is 498 g/mol. The molecule has 6 aromatic rings. The summed E-state index contributed by atoms with van der Waals surface area (Å²) >= 11 is 7.25. The van der Waals surface area contributed by atoms with Gasteiger partial charge in [-0.25, -0.2) is 4.98 Å². The van der Waals surface area contributed by atoms with Crippen molar-refractivity contribution in [3.8, 4) is 11.1 Å². The predicted octanol–water partition coefficient (Wildman–Crippen LogP) is 8.89. The Hall–Kier alpha value is -2.75. The van der Waals surface area contributed by atoms with Crippen LogP contribution in [0.4, 0.5) is 0 Å². The van der Waals surface area contributed by atoms with E-state index in [4.69, 9.17) is 4.98 Å². The zero-order valence-electron chi connectivity index (χ0n) is 15.9. The van der Waals surface area contributed by atoms with E-state index >= 15 is 0 Å². The molecule has 0 amide bonds. The highest BCUT2D eigenvalue weighted by molar-refractivity contribution is 9.10. The third kappa shape index (κ3) is 2.69. The Morgan fingerprint density at radius 2 is 1.13 bits per heavy atom. The maximum absolute atomic E-state index is 5.17. The van der Waals surface area contributed by atoms with Crippen LogP contribution in [0, 0.1) is 0 Å². The largest absolute Gasteiger partial charge is 0.247 e. The summed E-state index contributed by atoms with van der Waals surface area (Å²) in [4.78, 5) is 5.17. The highest BCUT2D eigenvalue weighted by Crippen LogP contribution is 2.43. The average Bonchev–Trinajstić information content (AvgIpc) is 2.79. The molecule has 0 fully saturated rings. The zero-order valence-corrected chi connectivity index (χ0v) is 19.0. The summed E-state index contributed by atoms with van der Waals surface area (Å²) in [6.07, 6.45) is 0. The molecule has 1 nitrogen and oxygen atoms in total. The van der Waals surface area contributed by atoms with Crippen molar-refractivity contribution in [3.05, 3.63) is 99.9 Å². The second-order valence-electron chi connectivity index (χ2n) is 7.47. The lowest BCUT2D eigenvalue weighted by Gasteiger charge is -2.16. The first-order valence-electron chi connectivity index (χ1n) is 9.79. The van der Waals surface area contributed by atoms with Crippen molar-refractivity contribution >= 4 is 75.2 Å². The monoisotopic (exact) mass is 511 g/mol. The van der Waals surface area contributed by atoms with Crippen LogP contribution >= 0.6 is 31.9 Å². The Morgan fingerprint density at radius 3 is 1.87 bits per heavy atom. The molecule has 0 atom stereocenters. The molecule has 6 rings (SSSR count). The van der Waals surface area contributed by atoms with Crippen molar-refractivity contribution < 1.29 is 0 Å². The quantitative estimate of drug-likeness (QED) is 0.158. The lowest BCUT2D eigenvalue weighted by atomic mass is 9.90. The number of benzene rings is 5. The van der Waals surface area contributed by atoms with Gasteiger partial charge in [0, 0.05) is 30.7 Å². The van der Waals surface area contributed by atoms with E-state index < -0.39 is 0 Å². The summed E-state index contributed by atoms with van der Waals surface area (Å²) in [5.74, 6) is 0. The fraction of sp³-hybridized carbons (Fsp3) is 0. The van der Waals surface area contributed by atoms with E-state index in [1.54, 1.807) is 0 Å². The van der Waals surface area contributed by atoms with E-state index in [1.165, 1.54) is 38.1 Å². The second-order valence-corrected chi connectivity index (χ2v) is 9.30. The molecule has 1 aromatic heterocycles. The van der Waals surface area contributed by atoms with Crippen LogP contribution < -0.4 is 0 Å². The maximum Gasteiger partial charge on any atom is 0.0800 e. The molecule has 0 N–H and O–H groups in total. The van der Waals surface area contributed by atoms with Gasteiger partial charge in [0.1, 0.15) is 0 Å². The first-order valence-corrected chi connectivity index (χ1v) is 11.4. The molecule has 0 saturated carbocycles. The van der Waals surface area contributed by atoms with E-state index in [-0.39, 0.29) is 0 Å². The van der Waals surface area contributed by atoms with Crippen molar-refractivity contribution in [1.82, 2.24) is 4.98 Å². The van der Waals surface area contributed by atoms with Crippen LogP contribution in [0.3, 0.4) is 0 Å². The Labute approximate surface area is 190 Å². The highest BCUT2D eigenvalue weighted by atomic mass is 79.9. The zero-order chi connectivity index (χ0) is 20.2. The SMILES string of the molecule is Brc1ccc(-c2c3cc(Br)ccc3nc3c4ccccc4c4ccccc4c23)cc1. The van der Waals surface area contributed by atoms with Crippen LogP contribution in [0.2, 0.25) is 0 Å². The van der Waals surface area contributed by atoms with Crippen molar-refractivity contribution in [2.45, 2.75) is 0 Å². The van der Waals surface area contributed by atoms with Gasteiger partial charge in [0.25, 0.3) is 0 Å². The normalized spacial score (nSPS) is 11.7. The molecule has 5 aromatic carbocycles. The molecule has 30 heavy (non-hydrogen) atoms. The lowest BCUT2D eigenvalue weighted by molar-refractivity contribution is 1.51. The van der Waals surface area contributed by atoms with Crippen molar-refractivity contribution in [3.63, 3.8) is 0 Å². The first kappa shape index (κ1) is 18.1. The van der Waals surface area contributed by atoms with Crippen molar-refractivity contribution in [1.29, 1.82) is 0 Å². The molecule has 142 valence electrons. The smallest absolute Gasteiger partial charge is 0.0800 e. The summed E-state index contributed by atoms with van der Waals surface area (Å²) in [7, 11) is 0. The van der Waals surface area contributed by atoms with E-state index in [0.29, 0.717) is 0 Å². The van der Waals surface area contributed by atoms with Crippen LogP contribution in [0.15, 0.2) is 99.9 Å². The summed E-state index contributed by atoms with van der Waals surface area (Å²) in [6, 6.07) is 32.2. The standard InChI is InChI=1S/C27H15Br2N/c28-17-11-9-16(10-12-17)25-23-15-18(29)13-14-24(23)30-27-22-8-4-2-6-20(22)19-5-1-3-7-21(19)26(25)27/h1-15H. The number of halogens is 2. The van der Waals surface area contributed by atoms with E-state index in [9.17, 15) is 0 Å². The topological polar surface area (TPSA) is 12.9 Å². The number of fused-ring (bicyclic) bond motifs is 7. The van der Waals surface area contributed by atoms with Crippen LogP contribution in [-0.4, -0.2) is 4.98 Å². The summed E-state index contributed by atoms with van der Waals surface area (Å²) in [5, 5.41) is 7.28. The molecule has 1 heterocycles. The predicted molar refractivity (Wildman–Crippen MR) is 135 cm³/mol. The highest BCUT2D eigenvalue weighted by Gasteiger charge is 2.17. The first-order chi connectivity index (χ1) is 14.7. The van der Waals surface area contributed by atoms with Crippen molar-refractivity contribution in [2.75, 3.05) is 0 Å². The molecule has 3 heteroatoms. The summed E-state index contributed by atoms with van der Waals surface area (Å²) < 4.78 is 2.13. The Bertz CT molecular complexity index is 1600. The van der Waals surface area contributed by atoms with E-state index in [1.807, 2.05) is 0 Å². The van der Waals surface area contributed by atoms with Gasteiger partial charge in [0.15, 0.2) is 0 Å². The molecule has 0 spiro atoms. The number of aromatic nitrogens is 1. The van der Waals surface area contributed by atoms with Gasteiger partial charge in [-0.2, -0.15) is 0 Å². The van der Waals surface area contributed by atoms with Gasteiger partial charge in [0.2, 0.25) is 0 Å². The number of hydrogen-bond acceptors (Lipinski definition) is 1. The van der Waals surface area contributed by atoms with Crippen LogP contribution in [0.25, 0.3) is 54.5 Å². The van der Waals surface area contributed by atoms with Gasteiger partial charge >= 0.3 is 0 Å². The molecule has 0 aliphatic heterocycles. The molecule has 0 bridgehead atoms. The van der Waals surface area contributed by atoms with E-state index in [0.717, 1.165) is 25.4 Å². The third-order valence-electron chi connectivity index (χ3n) is 5.75. The van der Waals surface area contributed by atoms with Crippen molar-refractivity contribution in [2.24, 2.45) is 0 Å². The van der Waals surface area contributed by atoms with Gasteiger partial charge < -0.3 is 0 Å². The van der Waals surface area contributed by atoms with Gasteiger partial charge in [-0.15, -0.1) is 0 Å². The number of rotatable bonds is 1. The fourth-order valence-corrected chi connectivity index (χ4v) is 5.09. The molecule has 0 saturated heterocycles. The Kier molecular flexibility index (Phi) is 4.15. The minimum atomic E-state index is 1.00. The molecule has 0 unspecified atom stereocenters. The minimum absolute atomic E-state index is 1.00. The van der Waals surface area contributed by atoms with Gasteiger partial charge in [-0.3, -0.25) is 0 Å². The van der Waals surface area contributed by atoms with Crippen LogP contribution in [0.1, 0.15) is 0 Å². The third-order valence-corrected chi connectivity index (χ3v) is 6.77. The molecule has 0 aliphatic carbocycles. The van der Waals surface area contributed by atoms with Gasteiger partial charge in [-0.05, 0) is 52.1 Å². The fourth-order valence-electron chi connectivity index (χ4n) is 4.47. The lowest BCUT2D eigenvalue weighted by Crippen LogP contribution is -1.92. The number of nitrogens with zero attached hydrogens (tertiary/aromatic N) is 1. The molecule has 0 radical (unpaired) electrons. The van der Waals surface area contributed by atoms with Gasteiger partial charge in [-0.1, -0.05) is 92.5 Å². The minimum Gasteiger partial charge on any atom is -0.247 e. The Balaban J connectivity index is 1.97. The summed E-state index contributed by atoms with van der Waals surface area (Å²) in [6.45, 7) is 0. The van der Waals surface area contributed by atoms with Crippen LogP contribution in [0.5, 0.6) is 0 Å². The summed E-state index contributed by atoms with van der Waals surface area (Å²) in [5.41, 5.74) is 4.47. The average molecular weight is 513 g/mol. The van der Waals surface area contributed by atoms with E-state index in [2.05, 4.69) is 123 Å². The molecule has 0 aliphatic rings.